The fraction of sp³-hybridized carbons (Fsp3) is 0.300. The van der Waals surface area contributed by atoms with Crippen LogP contribution in [0.4, 0.5) is 5.69 Å². The van der Waals surface area contributed by atoms with Crippen LogP contribution >= 0.6 is 0 Å². The molecule has 1 heterocycles. The van der Waals surface area contributed by atoms with E-state index in [0.29, 0.717) is 24.2 Å². The van der Waals surface area contributed by atoms with Gasteiger partial charge in [0, 0.05) is 18.7 Å². The van der Waals surface area contributed by atoms with Crippen molar-refractivity contribution in [1.82, 2.24) is 4.90 Å². The lowest BCUT2D eigenvalue weighted by molar-refractivity contribution is 0.0725. The number of nitrogens with one attached hydrogen (secondary N) is 1. The average Bonchev–Trinajstić information content (AvgIpc) is 2.68. The van der Waals surface area contributed by atoms with Gasteiger partial charge in [0.15, 0.2) is 5.78 Å². The number of carbonyl (C=O) groups is 2. The number of hydrogen-bond donors (Lipinski definition) is 1. The van der Waals surface area contributed by atoms with E-state index in [-0.39, 0.29) is 22.3 Å². The first-order chi connectivity index (χ1) is 12.9. The van der Waals surface area contributed by atoms with Crippen molar-refractivity contribution in [3.8, 4) is 0 Å². The Bertz CT molecular complexity index is 963. The molecule has 1 N–H and O–H groups in total. The Morgan fingerprint density at radius 1 is 0.963 bits per heavy atom. The number of anilines is 1. The maximum absolute atomic E-state index is 12.8. The minimum absolute atomic E-state index is 0.0181. The van der Waals surface area contributed by atoms with Gasteiger partial charge in [-0.3, -0.25) is 14.3 Å². The quantitative estimate of drug-likeness (QED) is 0.799. The Morgan fingerprint density at radius 3 is 2.37 bits per heavy atom. The van der Waals surface area contributed by atoms with Gasteiger partial charge in [-0.15, -0.1) is 0 Å². The summed E-state index contributed by atoms with van der Waals surface area (Å²) in [5.74, 6) is -0.391. The summed E-state index contributed by atoms with van der Waals surface area (Å²) in [6, 6.07) is 12.4. The first-order valence-corrected chi connectivity index (χ1v) is 10.4. The lowest BCUT2D eigenvalue weighted by atomic mass is 10.1. The molecule has 2 aromatic rings. The van der Waals surface area contributed by atoms with Gasteiger partial charge in [-0.2, -0.15) is 0 Å². The highest BCUT2D eigenvalue weighted by Gasteiger charge is 2.23. The molecule has 0 spiro atoms. The molecule has 27 heavy (non-hydrogen) atoms. The largest absolute Gasteiger partial charge is 0.339 e. The van der Waals surface area contributed by atoms with Crippen molar-refractivity contribution in [2.75, 3.05) is 17.8 Å². The number of carbonyl (C=O) groups excluding carboxylic acids is 2. The van der Waals surface area contributed by atoms with Crippen molar-refractivity contribution in [2.45, 2.75) is 31.1 Å². The molecule has 1 aliphatic heterocycles. The van der Waals surface area contributed by atoms with E-state index in [0.717, 1.165) is 19.3 Å². The molecule has 0 aromatic heterocycles. The molecule has 0 radical (unpaired) electrons. The second-order valence-corrected chi connectivity index (χ2v) is 8.27. The van der Waals surface area contributed by atoms with Crippen molar-refractivity contribution in [3.63, 3.8) is 0 Å². The van der Waals surface area contributed by atoms with Gasteiger partial charge >= 0.3 is 0 Å². The van der Waals surface area contributed by atoms with Crippen LogP contribution in [0, 0.1) is 0 Å². The topological polar surface area (TPSA) is 83.5 Å². The molecule has 0 aliphatic carbocycles. The molecule has 3 rings (SSSR count). The third-order valence-electron chi connectivity index (χ3n) is 4.60. The van der Waals surface area contributed by atoms with Crippen molar-refractivity contribution < 1.29 is 18.0 Å². The summed E-state index contributed by atoms with van der Waals surface area (Å²) >= 11 is 0. The predicted molar refractivity (Wildman–Crippen MR) is 103 cm³/mol. The summed E-state index contributed by atoms with van der Waals surface area (Å²) in [5, 5.41) is 0. The number of sulfonamides is 1. The zero-order valence-corrected chi connectivity index (χ0v) is 16.0. The maximum atomic E-state index is 12.8. The van der Waals surface area contributed by atoms with Crippen LogP contribution in [-0.2, 0) is 10.0 Å². The highest BCUT2D eigenvalue weighted by molar-refractivity contribution is 7.92. The Kier molecular flexibility index (Phi) is 5.60. The molecule has 7 heteroatoms. The molecule has 1 fully saturated rings. The Morgan fingerprint density at radius 2 is 1.67 bits per heavy atom. The first kappa shape index (κ1) is 19.1. The Labute approximate surface area is 159 Å². The van der Waals surface area contributed by atoms with Gasteiger partial charge in [0.1, 0.15) is 0 Å². The van der Waals surface area contributed by atoms with Gasteiger partial charge in [-0.25, -0.2) is 8.42 Å². The summed E-state index contributed by atoms with van der Waals surface area (Å²) in [4.78, 5) is 26.1. The predicted octanol–water partition coefficient (Wildman–Crippen LogP) is 3.32. The number of Topliss-reactive ketones (excluding diaryl/α,β-unsaturated/α-hetero) is 1. The lowest BCUT2D eigenvalue weighted by Gasteiger charge is -2.27. The van der Waals surface area contributed by atoms with Crippen LogP contribution in [0.2, 0.25) is 0 Å². The third-order valence-corrected chi connectivity index (χ3v) is 5.96. The molecule has 1 amide bonds. The number of nitrogens with zero attached hydrogens (tertiary/aromatic N) is 1. The molecule has 2 aromatic carbocycles. The minimum Gasteiger partial charge on any atom is -0.339 e. The van der Waals surface area contributed by atoms with E-state index in [1.165, 1.54) is 25.1 Å². The summed E-state index contributed by atoms with van der Waals surface area (Å²) in [5.41, 5.74) is 0.877. The van der Waals surface area contributed by atoms with Gasteiger partial charge < -0.3 is 4.90 Å². The van der Waals surface area contributed by atoms with Crippen LogP contribution < -0.4 is 4.72 Å². The second kappa shape index (κ2) is 7.92. The van der Waals surface area contributed by atoms with E-state index in [1.54, 1.807) is 35.2 Å². The monoisotopic (exact) mass is 386 g/mol. The number of rotatable bonds is 5. The van der Waals surface area contributed by atoms with Crippen LogP contribution in [0.15, 0.2) is 53.4 Å². The molecule has 0 unspecified atom stereocenters. The van der Waals surface area contributed by atoms with E-state index in [4.69, 9.17) is 0 Å². The SMILES string of the molecule is CC(=O)c1cccc(S(=O)(=O)Nc2ccccc2C(=O)N2CCCCC2)c1. The second-order valence-electron chi connectivity index (χ2n) is 6.59. The Balaban J connectivity index is 1.90. The summed E-state index contributed by atoms with van der Waals surface area (Å²) in [6.07, 6.45) is 3.01. The minimum atomic E-state index is -3.93. The summed E-state index contributed by atoms with van der Waals surface area (Å²) < 4.78 is 28.1. The van der Waals surface area contributed by atoms with E-state index >= 15 is 0 Å². The maximum Gasteiger partial charge on any atom is 0.261 e. The van der Waals surface area contributed by atoms with Crippen molar-refractivity contribution in [3.05, 3.63) is 59.7 Å². The first-order valence-electron chi connectivity index (χ1n) is 8.90. The molecular weight excluding hydrogens is 364 g/mol. The van der Waals surface area contributed by atoms with Gasteiger partial charge in [0.25, 0.3) is 15.9 Å². The molecule has 1 aliphatic rings. The normalized spacial score (nSPS) is 14.6. The molecule has 0 atom stereocenters. The average molecular weight is 386 g/mol. The van der Waals surface area contributed by atoms with Gasteiger partial charge in [-0.1, -0.05) is 24.3 Å². The smallest absolute Gasteiger partial charge is 0.261 e. The fourth-order valence-corrected chi connectivity index (χ4v) is 4.24. The highest BCUT2D eigenvalue weighted by atomic mass is 32.2. The van der Waals surface area contributed by atoms with E-state index in [2.05, 4.69) is 4.72 Å². The fourth-order valence-electron chi connectivity index (χ4n) is 3.11. The molecule has 0 saturated carbocycles. The van der Waals surface area contributed by atoms with Gasteiger partial charge in [-0.05, 0) is 50.5 Å². The molecule has 1 saturated heterocycles. The van der Waals surface area contributed by atoms with Crippen LogP contribution in [0.1, 0.15) is 46.9 Å². The summed E-state index contributed by atoms with van der Waals surface area (Å²) in [6.45, 7) is 2.74. The number of ketones is 1. The zero-order chi connectivity index (χ0) is 19.4. The van der Waals surface area contributed by atoms with Gasteiger partial charge in [0.05, 0.1) is 16.1 Å². The number of likely N-dealkylation sites (tertiary alicyclic amines) is 1. The summed E-state index contributed by atoms with van der Waals surface area (Å²) in [7, 11) is -3.93. The van der Waals surface area contributed by atoms with Gasteiger partial charge in [0.2, 0.25) is 0 Å². The number of piperidine rings is 1. The zero-order valence-electron chi connectivity index (χ0n) is 15.1. The Hall–Kier alpha value is -2.67. The van der Waals surface area contributed by atoms with Crippen LogP contribution in [-0.4, -0.2) is 38.1 Å². The third kappa shape index (κ3) is 4.36. The van der Waals surface area contributed by atoms with Crippen molar-refractivity contribution >= 4 is 27.4 Å². The molecule has 142 valence electrons. The molecular formula is C20H22N2O4S. The number of benzene rings is 2. The highest BCUT2D eigenvalue weighted by Crippen LogP contribution is 2.23. The lowest BCUT2D eigenvalue weighted by Crippen LogP contribution is -2.36. The van der Waals surface area contributed by atoms with Crippen molar-refractivity contribution in [1.29, 1.82) is 0 Å². The number of para-hydroxylation sites is 1. The van der Waals surface area contributed by atoms with Crippen LogP contribution in [0.5, 0.6) is 0 Å². The number of amides is 1. The van der Waals surface area contributed by atoms with Crippen molar-refractivity contribution in [2.24, 2.45) is 0 Å². The molecule has 0 bridgehead atoms. The number of hydrogen-bond acceptors (Lipinski definition) is 4. The van der Waals surface area contributed by atoms with E-state index < -0.39 is 10.0 Å². The standard InChI is InChI=1S/C20H22N2O4S/c1-15(23)16-8-7-9-17(14-16)27(25,26)21-19-11-4-3-10-18(19)20(24)22-12-5-2-6-13-22/h3-4,7-11,14,21H,2,5-6,12-13H2,1H3. The van der Waals surface area contributed by atoms with Crippen LogP contribution in [0.25, 0.3) is 0 Å². The molecule has 6 nitrogen and oxygen atoms in total. The van der Waals surface area contributed by atoms with E-state index in [9.17, 15) is 18.0 Å². The van der Waals surface area contributed by atoms with E-state index in [1.807, 2.05) is 0 Å². The van der Waals surface area contributed by atoms with Crippen LogP contribution in [0.3, 0.4) is 0 Å².